The number of fused-ring (bicyclic) bond motifs is 1. The highest BCUT2D eigenvalue weighted by Gasteiger charge is 2.22. The summed E-state index contributed by atoms with van der Waals surface area (Å²) in [4.78, 5) is 6.97. The summed E-state index contributed by atoms with van der Waals surface area (Å²) in [7, 11) is -3.41. The summed E-state index contributed by atoms with van der Waals surface area (Å²) >= 11 is 12.5. The molecule has 160 valence electrons. The second kappa shape index (κ2) is 8.33. The fourth-order valence-corrected chi connectivity index (χ4v) is 4.57. The summed E-state index contributed by atoms with van der Waals surface area (Å²) in [6.07, 6.45) is 2.83. The van der Waals surface area contributed by atoms with Gasteiger partial charge in [0.2, 0.25) is 10.0 Å². The summed E-state index contributed by atoms with van der Waals surface area (Å²) in [5.74, 6) is 0. The standard InChI is InChI=1S/C19H21Cl2N5O3S/c1-30(28,29)23-14-3-5-18-22-19(15-4-2-13(20)10-16(15)21)17(26(18)11-14)12-24-6-8-25(27)9-7-24/h2-5,10-11,23,27H,6-9,12H2,1H3. The second-order valence-corrected chi connectivity index (χ2v) is 9.87. The highest BCUT2D eigenvalue weighted by Crippen LogP contribution is 2.33. The number of hydrogen-bond donors (Lipinski definition) is 2. The van der Waals surface area contributed by atoms with Gasteiger partial charge in [-0.25, -0.2) is 13.4 Å². The number of nitrogens with one attached hydrogen (secondary N) is 1. The Balaban J connectivity index is 1.82. The van der Waals surface area contributed by atoms with Gasteiger partial charge in [0, 0.05) is 49.5 Å². The van der Waals surface area contributed by atoms with Crippen molar-refractivity contribution in [2.75, 3.05) is 37.2 Å². The van der Waals surface area contributed by atoms with Crippen LogP contribution >= 0.6 is 23.2 Å². The lowest BCUT2D eigenvalue weighted by atomic mass is 10.1. The van der Waals surface area contributed by atoms with Crippen LogP contribution in [0.3, 0.4) is 0 Å². The van der Waals surface area contributed by atoms with E-state index in [1.165, 1.54) is 5.06 Å². The van der Waals surface area contributed by atoms with Gasteiger partial charge in [0.15, 0.2) is 0 Å². The Bertz CT molecular complexity index is 1190. The van der Waals surface area contributed by atoms with Crippen LogP contribution in [0.15, 0.2) is 36.5 Å². The molecule has 0 spiro atoms. The maximum Gasteiger partial charge on any atom is 0.229 e. The molecule has 1 fully saturated rings. The fraction of sp³-hybridized carbons (Fsp3) is 0.316. The van der Waals surface area contributed by atoms with E-state index >= 15 is 0 Å². The summed E-state index contributed by atoms with van der Waals surface area (Å²) in [5.41, 5.74) is 3.44. The second-order valence-electron chi connectivity index (χ2n) is 7.28. The number of piperazine rings is 1. The lowest BCUT2D eigenvalue weighted by Gasteiger charge is -2.31. The molecule has 0 unspecified atom stereocenters. The number of rotatable bonds is 5. The number of nitrogens with zero attached hydrogens (tertiary/aromatic N) is 4. The molecule has 4 rings (SSSR count). The number of halogens is 2. The SMILES string of the molecule is CS(=O)(=O)Nc1ccc2nc(-c3ccc(Cl)cc3Cl)c(CN3CCN(O)CC3)n2c1. The first-order chi connectivity index (χ1) is 14.2. The van der Waals surface area contributed by atoms with Crippen molar-refractivity contribution in [3.63, 3.8) is 0 Å². The predicted molar refractivity (Wildman–Crippen MR) is 118 cm³/mol. The number of aromatic nitrogens is 2. The number of anilines is 1. The van der Waals surface area contributed by atoms with Crippen LogP contribution in [0, 0.1) is 0 Å². The predicted octanol–water partition coefficient (Wildman–Crippen LogP) is 3.19. The quantitative estimate of drug-likeness (QED) is 0.596. The van der Waals surface area contributed by atoms with Crippen molar-refractivity contribution in [2.45, 2.75) is 6.54 Å². The third kappa shape index (κ3) is 4.72. The first-order valence-electron chi connectivity index (χ1n) is 9.30. The molecule has 1 saturated heterocycles. The zero-order chi connectivity index (χ0) is 21.5. The van der Waals surface area contributed by atoms with Gasteiger partial charge in [-0.1, -0.05) is 23.2 Å². The Hall–Kier alpha value is -1.88. The van der Waals surface area contributed by atoms with E-state index < -0.39 is 10.0 Å². The normalized spacial score (nSPS) is 16.3. The van der Waals surface area contributed by atoms with Crippen molar-refractivity contribution in [1.82, 2.24) is 19.3 Å². The van der Waals surface area contributed by atoms with E-state index in [1.807, 2.05) is 10.5 Å². The minimum absolute atomic E-state index is 0.442. The lowest BCUT2D eigenvalue weighted by molar-refractivity contribution is -0.118. The molecule has 1 aromatic carbocycles. The van der Waals surface area contributed by atoms with Crippen molar-refractivity contribution < 1.29 is 13.6 Å². The van der Waals surface area contributed by atoms with Crippen LogP contribution in [-0.4, -0.2) is 65.4 Å². The van der Waals surface area contributed by atoms with E-state index in [0.717, 1.165) is 17.5 Å². The van der Waals surface area contributed by atoms with Crippen LogP contribution in [0.25, 0.3) is 16.9 Å². The van der Waals surface area contributed by atoms with Crippen molar-refractivity contribution in [3.05, 3.63) is 52.3 Å². The molecule has 3 heterocycles. The Morgan fingerprint density at radius 2 is 1.87 bits per heavy atom. The number of benzene rings is 1. The van der Waals surface area contributed by atoms with Crippen LogP contribution < -0.4 is 4.72 Å². The van der Waals surface area contributed by atoms with E-state index in [-0.39, 0.29) is 0 Å². The van der Waals surface area contributed by atoms with E-state index in [1.54, 1.807) is 30.5 Å². The molecule has 1 aliphatic heterocycles. The minimum atomic E-state index is -3.41. The van der Waals surface area contributed by atoms with Gasteiger partial charge in [0.05, 0.1) is 28.4 Å². The summed E-state index contributed by atoms with van der Waals surface area (Å²) in [6, 6.07) is 8.70. The number of hydrogen-bond acceptors (Lipinski definition) is 6. The molecular weight excluding hydrogens is 449 g/mol. The molecule has 0 aliphatic carbocycles. The maximum absolute atomic E-state index is 11.7. The monoisotopic (exact) mass is 469 g/mol. The molecule has 8 nitrogen and oxygen atoms in total. The molecular formula is C19H21Cl2N5O3S. The average molecular weight is 470 g/mol. The smallest absolute Gasteiger partial charge is 0.229 e. The van der Waals surface area contributed by atoms with Crippen molar-refractivity contribution in [2.24, 2.45) is 0 Å². The van der Waals surface area contributed by atoms with Gasteiger partial charge in [0.25, 0.3) is 0 Å². The molecule has 0 amide bonds. The summed E-state index contributed by atoms with van der Waals surface area (Å²) in [5, 5.41) is 12.0. The lowest BCUT2D eigenvalue weighted by Crippen LogP contribution is -2.44. The number of hydroxylamine groups is 2. The highest BCUT2D eigenvalue weighted by atomic mass is 35.5. The van der Waals surface area contributed by atoms with Crippen LogP contribution in [-0.2, 0) is 16.6 Å². The molecule has 0 saturated carbocycles. The topological polar surface area (TPSA) is 90.2 Å². The molecule has 3 aromatic rings. The van der Waals surface area contributed by atoms with Gasteiger partial charge in [0.1, 0.15) is 5.65 Å². The van der Waals surface area contributed by atoms with Gasteiger partial charge < -0.3 is 5.21 Å². The van der Waals surface area contributed by atoms with Crippen LogP contribution in [0.2, 0.25) is 10.0 Å². The summed E-state index contributed by atoms with van der Waals surface area (Å²) < 4.78 is 27.7. The molecule has 0 radical (unpaired) electrons. The number of imidazole rings is 1. The first-order valence-corrected chi connectivity index (χ1v) is 11.9. The zero-order valence-electron chi connectivity index (χ0n) is 16.2. The van der Waals surface area contributed by atoms with Gasteiger partial charge in [-0.2, -0.15) is 5.06 Å². The van der Waals surface area contributed by atoms with Crippen molar-refractivity contribution in [3.8, 4) is 11.3 Å². The van der Waals surface area contributed by atoms with E-state index in [2.05, 4.69) is 9.62 Å². The maximum atomic E-state index is 11.7. The Morgan fingerprint density at radius 1 is 1.13 bits per heavy atom. The first kappa shape index (κ1) is 21.4. The number of pyridine rings is 1. The Morgan fingerprint density at radius 3 is 2.53 bits per heavy atom. The molecule has 1 aliphatic rings. The van der Waals surface area contributed by atoms with Gasteiger partial charge in [-0.15, -0.1) is 0 Å². The largest absolute Gasteiger partial charge is 0.314 e. The molecule has 11 heteroatoms. The summed E-state index contributed by atoms with van der Waals surface area (Å²) in [6.45, 7) is 3.05. The molecule has 30 heavy (non-hydrogen) atoms. The van der Waals surface area contributed by atoms with Gasteiger partial charge in [-0.3, -0.25) is 14.0 Å². The zero-order valence-corrected chi connectivity index (χ0v) is 18.5. The molecule has 2 aromatic heterocycles. The van der Waals surface area contributed by atoms with Crippen molar-refractivity contribution in [1.29, 1.82) is 0 Å². The highest BCUT2D eigenvalue weighted by molar-refractivity contribution is 7.92. The third-order valence-corrected chi connectivity index (χ3v) is 6.08. The number of sulfonamides is 1. The van der Waals surface area contributed by atoms with E-state index in [4.69, 9.17) is 28.2 Å². The van der Waals surface area contributed by atoms with Crippen molar-refractivity contribution >= 4 is 44.6 Å². The van der Waals surface area contributed by atoms with Gasteiger partial charge in [-0.05, 0) is 30.3 Å². The third-order valence-electron chi connectivity index (χ3n) is 4.93. The Labute approximate surface area is 184 Å². The van der Waals surface area contributed by atoms with Crippen LogP contribution in [0.4, 0.5) is 5.69 Å². The van der Waals surface area contributed by atoms with E-state index in [0.29, 0.717) is 59.8 Å². The van der Waals surface area contributed by atoms with Gasteiger partial charge >= 0.3 is 0 Å². The van der Waals surface area contributed by atoms with Crippen LogP contribution in [0.1, 0.15) is 5.69 Å². The fourth-order valence-electron chi connectivity index (χ4n) is 3.52. The molecule has 0 bridgehead atoms. The van der Waals surface area contributed by atoms with Crippen LogP contribution in [0.5, 0.6) is 0 Å². The van der Waals surface area contributed by atoms with E-state index in [9.17, 15) is 13.6 Å². The minimum Gasteiger partial charge on any atom is -0.314 e. The molecule has 0 atom stereocenters. The molecule has 2 N–H and O–H groups in total. The Kier molecular flexibility index (Phi) is 5.93. The average Bonchev–Trinajstić information content (AvgIpc) is 3.00.